The zero-order valence-corrected chi connectivity index (χ0v) is 18.6. The molecule has 3 aromatic rings. The van der Waals surface area contributed by atoms with Gasteiger partial charge in [-0.05, 0) is 24.3 Å². The Balaban J connectivity index is 1.39. The molecule has 0 saturated carbocycles. The molecule has 0 radical (unpaired) electrons. The molecule has 0 spiro atoms. The third-order valence-corrected chi connectivity index (χ3v) is 5.69. The van der Waals surface area contributed by atoms with Crippen LogP contribution in [0.2, 0.25) is 5.02 Å². The number of anilines is 2. The molecule has 8 nitrogen and oxygen atoms in total. The minimum Gasteiger partial charge on any atom is -0.366 e. The fraction of sp³-hybridized carbons (Fsp3) is 0.273. The minimum atomic E-state index is -4.53. The van der Waals surface area contributed by atoms with Crippen LogP contribution in [0.25, 0.3) is 5.82 Å². The number of carbonyl (C=O) groups excluding carboxylic acids is 1. The van der Waals surface area contributed by atoms with Gasteiger partial charge in [-0.25, -0.2) is 4.98 Å². The Kier molecular flexibility index (Phi) is 6.85. The SMILES string of the molecule is O=C(CN1CCN(c2cnn(-c3ccc(C(F)(F)F)cn3)c(=O)c2Cl)CC1)Nc1ccccc1. The van der Waals surface area contributed by atoms with Gasteiger partial charge in [-0.3, -0.25) is 14.5 Å². The number of carbonyl (C=O) groups is 1. The molecule has 1 N–H and O–H groups in total. The summed E-state index contributed by atoms with van der Waals surface area (Å²) in [4.78, 5) is 32.5. The maximum atomic E-state index is 12.7. The van der Waals surface area contributed by atoms with Crippen molar-refractivity contribution < 1.29 is 18.0 Å². The van der Waals surface area contributed by atoms with E-state index in [1.165, 1.54) is 6.20 Å². The topological polar surface area (TPSA) is 83.4 Å². The van der Waals surface area contributed by atoms with Crippen LogP contribution >= 0.6 is 11.6 Å². The lowest BCUT2D eigenvalue weighted by atomic mass is 10.2. The zero-order valence-electron chi connectivity index (χ0n) is 17.8. The first-order valence-electron chi connectivity index (χ1n) is 10.4. The van der Waals surface area contributed by atoms with Crippen molar-refractivity contribution in [3.63, 3.8) is 0 Å². The molecule has 2 aromatic heterocycles. The molecule has 12 heteroatoms. The number of benzene rings is 1. The molecule has 1 amide bonds. The average molecular weight is 493 g/mol. The van der Waals surface area contributed by atoms with Crippen LogP contribution in [0, 0.1) is 0 Å². The highest BCUT2D eigenvalue weighted by molar-refractivity contribution is 6.33. The van der Waals surface area contributed by atoms with Crippen molar-refractivity contribution in [2.24, 2.45) is 0 Å². The van der Waals surface area contributed by atoms with E-state index in [-0.39, 0.29) is 23.3 Å². The first-order chi connectivity index (χ1) is 16.2. The molecule has 1 aromatic carbocycles. The largest absolute Gasteiger partial charge is 0.417 e. The normalized spacial score (nSPS) is 14.8. The van der Waals surface area contributed by atoms with Crippen LogP contribution < -0.4 is 15.8 Å². The van der Waals surface area contributed by atoms with Gasteiger partial charge in [-0.15, -0.1) is 0 Å². The second-order valence-corrected chi connectivity index (χ2v) is 8.02. The molecule has 178 valence electrons. The van der Waals surface area contributed by atoms with Crippen molar-refractivity contribution in [2.75, 3.05) is 42.9 Å². The lowest BCUT2D eigenvalue weighted by molar-refractivity contribution is -0.137. The summed E-state index contributed by atoms with van der Waals surface area (Å²) in [5.41, 5.74) is -0.464. The summed E-state index contributed by atoms with van der Waals surface area (Å²) >= 11 is 6.30. The van der Waals surface area contributed by atoms with E-state index >= 15 is 0 Å². The molecule has 0 bridgehead atoms. The molecule has 1 aliphatic heterocycles. The van der Waals surface area contributed by atoms with Gasteiger partial charge >= 0.3 is 6.18 Å². The van der Waals surface area contributed by atoms with E-state index in [1.807, 2.05) is 40.1 Å². The van der Waals surface area contributed by atoms with Gasteiger partial charge in [-0.1, -0.05) is 29.8 Å². The monoisotopic (exact) mass is 492 g/mol. The number of alkyl halides is 3. The Morgan fingerprint density at radius 3 is 2.35 bits per heavy atom. The molecular weight excluding hydrogens is 473 g/mol. The average Bonchev–Trinajstić information content (AvgIpc) is 2.82. The fourth-order valence-electron chi connectivity index (χ4n) is 3.56. The van der Waals surface area contributed by atoms with Gasteiger partial charge in [0, 0.05) is 38.1 Å². The van der Waals surface area contributed by atoms with Crippen LogP contribution in [-0.4, -0.2) is 58.3 Å². The van der Waals surface area contributed by atoms with Gasteiger partial charge in [0.1, 0.15) is 5.02 Å². The van der Waals surface area contributed by atoms with Crippen molar-refractivity contribution in [3.8, 4) is 5.82 Å². The second-order valence-electron chi connectivity index (χ2n) is 7.64. The molecule has 34 heavy (non-hydrogen) atoms. The first kappa shape index (κ1) is 23.7. The van der Waals surface area contributed by atoms with E-state index in [4.69, 9.17) is 11.6 Å². The maximum Gasteiger partial charge on any atom is 0.417 e. The van der Waals surface area contributed by atoms with E-state index < -0.39 is 17.3 Å². The number of amides is 1. The highest BCUT2D eigenvalue weighted by Gasteiger charge is 2.31. The summed E-state index contributed by atoms with van der Waals surface area (Å²) in [6.07, 6.45) is -2.50. The van der Waals surface area contributed by atoms with Crippen molar-refractivity contribution >= 4 is 28.9 Å². The Morgan fingerprint density at radius 1 is 1.03 bits per heavy atom. The van der Waals surface area contributed by atoms with Crippen LogP contribution in [0.1, 0.15) is 5.56 Å². The quantitative estimate of drug-likeness (QED) is 0.589. The lowest BCUT2D eigenvalue weighted by Crippen LogP contribution is -2.49. The highest BCUT2D eigenvalue weighted by atomic mass is 35.5. The van der Waals surface area contributed by atoms with E-state index in [0.717, 1.165) is 22.5 Å². The van der Waals surface area contributed by atoms with Crippen LogP contribution in [-0.2, 0) is 11.0 Å². The Hall–Kier alpha value is -3.44. The molecule has 3 heterocycles. The number of pyridine rings is 1. The van der Waals surface area contributed by atoms with Gasteiger partial charge in [0.25, 0.3) is 5.56 Å². The number of halogens is 4. The molecule has 1 aliphatic rings. The second kappa shape index (κ2) is 9.82. The molecule has 1 fully saturated rings. The fourth-order valence-corrected chi connectivity index (χ4v) is 3.81. The lowest BCUT2D eigenvalue weighted by Gasteiger charge is -2.35. The summed E-state index contributed by atoms with van der Waals surface area (Å²) < 4.78 is 39.1. The third-order valence-electron chi connectivity index (χ3n) is 5.33. The van der Waals surface area contributed by atoms with Crippen molar-refractivity contribution in [3.05, 3.63) is 75.8 Å². The molecule has 0 atom stereocenters. The predicted octanol–water partition coefficient (Wildman–Crippen LogP) is 3.06. The zero-order chi connectivity index (χ0) is 24.3. The summed E-state index contributed by atoms with van der Waals surface area (Å²) in [5, 5.41) is 6.79. The number of aromatic nitrogens is 3. The van der Waals surface area contributed by atoms with Crippen molar-refractivity contribution in [1.29, 1.82) is 0 Å². The summed E-state index contributed by atoms with van der Waals surface area (Å²) in [5.74, 6) is -0.188. The molecule has 0 aliphatic carbocycles. The molecule has 1 saturated heterocycles. The van der Waals surface area contributed by atoms with Crippen LogP contribution in [0.5, 0.6) is 0 Å². The molecular formula is C22H20ClF3N6O2. The van der Waals surface area contributed by atoms with Crippen molar-refractivity contribution in [1.82, 2.24) is 19.7 Å². The highest BCUT2D eigenvalue weighted by Crippen LogP contribution is 2.29. The first-order valence-corrected chi connectivity index (χ1v) is 10.7. The maximum absolute atomic E-state index is 12.7. The van der Waals surface area contributed by atoms with Gasteiger partial charge in [0.15, 0.2) is 5.82 Å². The number of para-hydroxylation sites is 1. The summed E-state index contributed by atoms with van der Waals surface area (Å²) in [6.45, 7) is 2.41. The summed E-state index contributed by atoms with van der Waals surface area (Å²) in [6, 6.07) is 11.1. The molecule has 0 unspecified atom stereocenters. The van der Waals surface area contributed by atoms with E-state index in [1.54, 1.807) is 0 Å². The van der Waals surface area contributed by atoms with Crippen LogP contribution in [0.15, 0.2) is 59.7 Å². The Morgan fingerprint density at radius 2 is 1.74 bits per heavy atom. The van der Waals surface area contributed by atoms with E-state index in [2.05, 4.69) is 15.4 Å². The van der Waals surface area contributed by atoms with Gasteiger partial charge in [-0.2, -0.15) is 23.0 Å². The number of piperazine rings is 1. The smallest absolute Gasteiger partial charge is 0.366 e. The predicted molar refractivity (Wildman–Crippen MR) is 121 cm³/mol. The van der Waals surface area contributed by atoms with Gasteiger partial charge < -0.3 is 10.2 Å². The van der Waals surface area contributed by atoms with Crippen molar-refractivity contribution in [2.45, 2.75) is 6.18 Å². The number of rotatable bonds is 5. The number of nitrogens with one attached hydrogen (secondary N) is 1. The minimum absolute atomic E-state index is 0.0688. The third kappa shape index (κ3) is 5.37. The van der Waals surface area contributed by atoms with E-state index in [9.17, 15) is 22.8 Å². The van der Waals surface area contributed by atoms with Gasteiger partial charge in [0.2, 0.25) is 5.91 Å². The molecule has 4 rings (SSSR count). The van der Waals surface area contributed by atoms with Crippen LogP contribution in [0.3, 0.4) is 0 Å². The Labute approximate surface area is 197 Å². The number of hydrogen-bond acceptors (Lipinski definition) is 6. The van der Waals surface area contributed by atoms with E-state index in [0.29, 0.717) is 38.1 Å². The van der Waals surface area contributed by atoms with Gasteiger partial charge in [0.05, 0.1) is 24.0 Å². The van der Waals surface area contributed by atoms with Crippen LogP contribution in [0.4, 0.5) is 24.5 Å². The Bertz CT molecular complexity index is 1210. The number of nitrogens with zero attached hydrogens (tertiary/aromatic N) is 5. The number of hydrogen-bond donors (Lipinski definition) is 1. The summed E-state index contributed by atoms with van der Waals surface area (Å²) in [7, 11) is 0. The standard InChI is InChI=1S/C22H20ClF3N6O2/c23-20-17(13-28-32(21(20)34)18-7-6-15(12-27-18)22(24,25)26)31-10-8-30(9-11-31)14-19(33)29-16-4-2-1-3-5-16/h1-7,12-13H,8-11,14H2,(H,29,33).